The molecule has 0 saturated carbocycles. The molecule has 0 atom stereocenters. The largest absolute Gasteiger partial charge is 0.481 e. The molecule has 3 N–H and O–H groups in total. The molecule has 0 radical (unpaired) electrons. The molecule has 0 aliphatic carbocycles. The second-order valence-electron chi connectivity index (χ2n) is 6.12. The van der Waals surface area contributed by atoms with E-state index in [-0.39, 0.29) is 24.8 Å². The zero-order chi connectivity index (χ0) is 18.1. The van der Waals surface area contributed by atoms with E-state index in [1.54, 1.807) is 24.3 Å². The topological polar surface area (TPSA) is 105 Å². The van der Waals surface area contributed by atoms with E-state index in [1.165, 1.54) is 0 Å². The quantitative estimate of drug-likeness (QED) is 0.667. The van der Waals surface area contributed by atoms with E-state index in [1.807, 2.05) is 0 Å². The van der Waals surface area contributed by atoms with E-state index in [0.29, 0.717) is 23.6 Å². The number of carboxylic acids is 1. The molecule has 1 aromatic rings. The van der Waals surface area contributed by atoms with E-state index in [2.05, 4.69) is 10.6 Å². The summed E-state index contributed by atoms with van der Waals surface area (Å²) < 4.78 is 5.31. The maximum Gasteiger partial charge on any atom is 0.305 e. The highest BCUT2D eigenvalue weighted by molar-refractivity contribution is 5.95. The first-order chi connectivity index (χ1) is 12.0. The van der Waals surface area contributed by atoms with Crippen LogP contribution in [0.3, 0.4) is 0 Å². The van der Waals surface area contributed by atoms with Gasteiger partial charge in [-0.25, -0.2) is 0 Å². The molecule has 1 aromatic carbocycles. The molecule has 1 heterocycles. The summed E-state index contributed by atoms with van der Waals surface area (Å²) >= 11 is 0. The summed E-state index contributed by atoms with van der Waals surface area (Å²) in [6, 6.07) is 6.53. The van der Waals surface area contributed by atoms with Gasteiger partial charge in [0.2, 0.25) is 5.91 Å². The number of carbonyl (C=O) groups excluding carboxylic acids is 2. The van der Waals surface area contributed by atoms with Crippen molar-refractivity contribution in [2.45, 2.75) is 32.1 Å². The molecule has 1 fully saturated rings. The first-order valence-electron chi connectivity index (χ1n) is 8.52. The van der Waals surface area contributed by atoms with Crippen LogP contribution in [0.25, 0.3) is 0 Å². The number of carboxylic acid groups (broad SMARTS) is 1. The average molecular weight is 348 g/mol. The van der Waals surface area contributed by atoms with Gasteiger partial charge in [0.15, 0.2) is 0 Å². The normalized spacial score (nSPS) is 14.7. The van der Waals surface area contributed by atoms with E-state index in [4.69, 9.17) is 9.84 Å². The van der Waals surface area contributed by atoms with Crippen molar-refractivity contribution in [1.82, 2.24) is 5.32 Å². The van der Waals surface area contributed by atoms with Gasteiger partial charge in [-0.3, -0.25) is 14.4 Å². The number of anilines is 1. The van der Waals surface area contributed by atoms with Crippen LogP contribution in [0.2, 0.25) is 0 Å². The Balaban J connectivity index is 1.74. The number of carbonyl (C=O) groups is 3. The van der Waals surface area contributed by atoms with Gasteiger partial charge < -0.3 is 20.5 Å². The number of nitrogens with one attached hydrogen (secondary N) is 2. The van der Waals surface area contributed by atoms with Crippen LogP contribution in [-0.2, 0) is 14.3 Å². The number of aliphatic carboxylic acids is 1. The van der Waals surface area contributed by atoms with Crippen molar-refractivity contribution in [2.75, 3.05) is 25.1 Å². The summed E-state index contributed by atoms with van der Waals surface area (Å²) in [7, 11) is 0. The van der Waals surface area contributed by atoms with Crippen LogP contribution >= 0.6 is 0 Å². The van der Waals surface area contributed by atoms with Gasteiger partial charge in [0.25, 0.3) is 5.91 Å². The van der Waals surface area contributed by atoms with Gasteiger partial charge in [0, 0.05) is 37.4 Å². The Hall–Kier alpha value is -2.41. The fraction of sp³-hybridized carbons (Fsp3) is 0.500. The third kappa shape index (κ3) is 6.93. The summed E-state index contributed by atoms with van der Waals surface area (Å²) in [6.07, 6.45) is 3.24. The summed E-state index contributed by atoms with van der Waals surface area (Å²) in [5.74, 6) is -0.778. The second kappa shape index (κ2) is 9.78. The lowest BCUT2D eigenvalue weighted by Crippen LogP contribution is -2.25. The minimum atomic E-state index is -0.959. The van der Waals surface area contributed by atoms with E-state index in [9.17, 15) is 14.4 Å². The molecule has 7 heteroatoms. The van der Waals surface area contributed by atoms with Crippen LogP contribution in [0.5, 0.6) is 0 Å². The number of ether oxygens (including phenoxy) is 1. The van der Waals surface area contributed by atoms with Crippen LogP contribution in [0.15, 0.2) is 24.3 Å². The van der Waals surface area contributed by atoms with Crippen LogP contribution in [0.1, 0.15) is 42.5 Å². The van der Waals surface area contributed by atoms with Crippen molar-refractivity contribution in [3.05, 3.63) is 29.8 Å². The Morgan fingerprint density at radius 1 is 1.08 bits per heavy atom. The van der Waals surface area contributed by atoms with E-state index < -0.39 is 5.97 Å². The molecule has 0 spiro atoms. The molecule has 0 unspecified atom stereocenters. The molecular formula is C18H24N2O5. The van der Waals surface area contributed by atoms with Gasteiger partial charge in [0.1, 0.15) is 0 Å². The highest BCUT2D eigenvalue weighted by Crippen LogP contribution is 2.20. The molecule has 136 valence electrons. The third-order valence-corrected chi connectivity index (χ3v) is 4.18. The summed E-state index contributed by atoms with van der Waals surface area (Å²) in [4.78, 5) is 34.3. The van der Waals surface area contributed by atoms with Gasteiger partial charge in [-0.15, -0.1) is 0 Å². The third-order valence-electron chi connectivity index (χ3n) is 4.18. The Bertz CT molecular complexity index is 594. The summed E-state index contributed by atoms with van der Waals surface area (Å²) in [6.45, 7) is 1.64. The van der Waals surface area contributed by atoms with Gasteiger partial charge in [0.05, 0.1) is 6.42 Å². The highest BCUT2D eigenvalue weighted by Gasteiger charge is 2.15. The minimum absolute atomic E-state index is 0.0369. The number of rotatable bonds is 8. The molecule has 1 saturated heterocycles. The summed E-state index contributed by atoms with van der Waals surface area (Å²) in [5.41, 5.74) is 1.06. The minimum Gasteiger partial charge on any atom is -0.481 e. The number of benzene rings is 1. The standard InChI is InChI=1S/C18H24N2O5/c21-16(6-1-13-8-11-25-12-9-13)20-15-4-2-14(3-5-15)18(24)19-10-7-17(22)23/h2-5,13H,1,6-12H2,(H,19,24)(H,20,21)(H,22,23). The molecule has 0 aromatic heterocycles. The lowest BCUT2D eigenvalue weighted by Gasteiger charge is -2.21. The maximum absolute atomic E-state index is 12.0. The molecule has 2 rings (SSSR count). The monoisotopic (exact) mass is 348 g/mol. The number of amides is 2. The van der Waals surface area contributed by atoms with Crippen LogP contribution in [-0.4, -0.2) is 42.6 Å². The fourth-order valence-corrected chi connectivity index (χ4v) is 2.68. The second-order valence-corrected chi connectivity index (χ2v) is 6.12. The van der Waals surface area contributed by atoms with Gasteiger partial charge in [-0.05, 0) is 49.4 Å². The Morgan fingerprint density at radius 2 is 1.76 bits per heavy atom. The molecule has 0 bridgehead atoms. The average Bonchev–Trinajstić information content (AvgIpc) is 2.61. The Kier molecular flexibility index (Phi) is 7.40. The number of hydrogen-bond acceptors (Lipinski definition) is 4. The molecule has 2 amide bonds. The molecule has 7 nitrogen and oxygen atoms in total. The van der Waals surface area contributed by atoms with Crippen molar-refractivity contribution in [1.29, 1.82) is 0 Å². The lowest BCUT2D eigenvalue weighted by molar-refractivity contribution is -0.136. The zero-order valence-electron chi connectivity index (χ0n) is 14.1. The first kappa shape index (κ1) is 18.9. The van der Waals surface area contributed by atoms with Crippen molar-refractivity contribution in [3.63, 3.8) is 0 Å². The van der Waals surface area contributed by atoms with Crippen molar-refractivity contribution < 1.29 is 24.2 Å². The molecule has 25 heavy (non-hydrogen) atoms. The lowest BCUT2D eigenvalue weighted by atomic mass is 9.95. The molecule has 1 aliphatic heterocycles. The fourth-order valence-electron chi connectivity index (χ4n) is 2.68. The first-order valence-corrected chi connectivity index (χ1v) is 8.52. The predicted octanol–water partition coefficient (Wildman–Crippen LogP) is 2.04. The van der Waals surface area contributed by atoms with Crippen LogP contribution < -0.4 is 10.6 Å². The van der Waals surface area contributed by atoms with Crippen LogP contribution in [0, 0.1) is 5.92 Å². The van der Waals surface area contributed by atoms with E-state index >= 15 is 0 Å². The highest BCUT2D eigenvalue weighted by atomic mass is 16.5. The van der Waals surface area contributed by atoms with Crippen molar-refractivity contribution in [2.24, 2.45) is 5.92 Å². The van der Waals surface area contributed by atoms with Gasteiger partial charge >= 0.3 is 5.97 Å². The number of hydrogen-bond donors (Lipinski definition) is 3. The zero-order valence-corrected chi connectivity index (χ0v) is 14.1. The van der Waals surface area contributed by atoms with E-state index in [0.717, 1.165) is 32.5 Å². The van der Waals surface area contributed by atoms with Crippen molar-refractivity contribution in [3.8, 4) is 0 Å². The molecular weight excluding hydrogens is 324 g/mol. The SMILES string of the molecule is O=C(O)CCNC(=O)c1ccc(NC(=O)CCC2CCOCC2)cc1. The molecule has 1 aliphatic rings. The van der Waals surface area contributed by atoms with Crippen molar-refractivity contribution >= 4 is 23.5 Å². The summed E-state index contributed by atoms with van der Waals surface area (Å²) in [5, 5.41) is 13.9. The predicted molar refractivity (Wildman–Crippen MR) is 92.4 cm³/mol. The van der Waals surface area contributed by atoms with Gasteiger partial charge in [-0.2, -0.15) is 0 Å². The van der Waals surface area contributed by atoms with Gasteiger partial charge in [-0.1, -0.05) is 0 Å². The maximum atomic E-state index is 12.0. The smallest absolute Gasteiger partial charge is 0.305 e. The Labute approximate surface area is 146 Å². The van der Waals surface area contributed by atoms with Crippen LogP contribution in [0.4, 0.5) is 5.69 Å². The Morgan fingerprint density at radius 3 is 2.40 bits per heavy atom.